The summed E-state index contributed by atoms with van der Waals surface area (Å²) in [5, 5.41) is 2.86. The number of likely N-dealkylation sites (N-methyl/N-ethyl adjacent to an activating group) is 2. The lowest BCUT2D eigenvalue weighted by molar-refractivity contribution is -0.136. The Kier molecular flexibility index (Phi) is 6.76. The number of benzene rings is 1. The summed E-state index contributed by atoms with van der Waals surface area (Å²) in [4.78, 5) is 27.5. The van der Waals surface area contributed by atoms with Gasteiger partial charge in [-0.05, 0) is 45.9 Å². The van der Waals surface area contributed by atoms with Crippen molar-refractivity contribution in [2.24, 2.45) is 0 Å². The molecule has 0 aromatic heterocycles. The maximum Gasteiger partial charge on any atom is 0.240 e. The smallest absolute Gasteiger partial charge is 0.240 e. The highest BCUT2D eigenvalue weighted by atomic mass is 16.2. The number of carbonyl (C=O) groups excluding carboxylic acids is 2. The minimum Gasteiger partial charge on any atom is -0.350 e. The van der Waals surface area contributed by atoms with Gasteiger partial charge in [-0.2, -0.15) is 0 Å². The molecule has 0 fully saturated rings. The van der Waals surface area contributed by atoms with Gasteiger partial charge in [0.15, 0.2) is 0 Å². The molecule has 0 unspecified atom stereocenters. The average molecular weight is 319 g/mol. The minimum absolute atomic E-state index is 0.0647. The molecule has 0 aliphatic heterocycles. The number of rotatable bonds is 6. The van der Waals surface area contributed by atoms with Crippen molar-refractivity contribution in [2.75, 3.05) is 27.2 Å². The van der Waals surface area contributed by atoms with Crippen LogP contribution >= 0.6 is 0 Å². The Hall–Kier alpha value is -1.88. The van der Waals surface area contributed by atoms with E-state index in [0.29, 0.717) is 6.54 Å². The van der Waals surface area contributed by atoms with Gasteiger partial charge in [-0.15, -0.1) is 0 Å². The van der Waals surface area contributed by atoms with Gasteiger partial charge < -0.3 is 10.2 Å². The zero-order chi connectivity index (χ0) is 17.6. The Labute approximate surface area is 139 Å². The van der Waals surface area contributed by atoms with Crippen LogP contribution in [0.4, 0.5) is 0 Å². The first-order chi connectivity index (χ1) is 10.6. The third-order valence-electron chi connectivity index (χ3n) is 3.43. The van der Waals surface area contributed by atoms with Crippen LogP contribution in [0.3, 0.4) is 0 Å². The minimum atomic E-state index is -0.289. The highest BCUT2D eigenvalue weighted by Crippen LogP contribution is 2.09. The van der Waals surface area contributed by atoms with Crippen molar-refractivity contribution in [3.05, 3.63) is 35.4 Å². The SMILES string of the molecule is Cc1ccccc1CN(C)CC(=O)N(C)CC(=O)NC(C)(C)C. The van der Waals surface area contributed by atoms with E-state index < -0.39 is 0 Å². The molecule has 5 nitrogen and oxygen atoms in total. The van der Waals surface area contributed by atoms with Crippen LogP contribution in [0.25, 0.3) is 0 Å². The lowest BCUT2D eigenvalue weighted by Gasteiger charge is -2.25. The van der Waals surface area contributed by atoms with Crippen LogP contribution in [-0.2, 0) is 16.1 Å². The number of hydrogen-bond acceptors (Lipinski definition) is 3. The van der Waals surface area contributed by atoms with Gasteiger partial charge in [0, 0.05) is 19.1 Å². The summed E-state index contributed by atoms with van der Waals surface area (Å²) < 4.78 is 0. The molecular weight excluding hydrogens is 290 g/mol. The molecule has 0 atom stereocenters. The second-order valence-electron chi connectivity index (χ2n) is 7.15. The summed E-state index contributed by atoms with van der Waals surface area (Å²) in [6.45, 7) is 8.89. The summed E-state index contributed by atoms with van der Waals surface area (Å²) in [5.41, 5.74) is 2.13. The van der Waals surface area contributed by atoms with Crippen molar-refractivity contribution >= 4 is 11.8 Å². The predicted molar refractivity (Wildman–Crippen MR) is 93.0 cm³/mol. The molecule has 0 aliphatic rings. The molecular formula is C18H29N3O2. The zero-order valence-corrected chi connectivity index (χ0v) is 15.1. The van der Waals surface area contributed by atoms with E-state index in [1.807, 2.05) is 44.9 Å². The predicted octanol–water partition coefficient (Wildman–Crippen LogP) is 1.80. The fourth-order valence-corrected chi connectivity index (χ4v) is 2.25. The van der Waals surface area contributed by atoms with Crippen LogP contribution in [-0.4, -0.2) is 54.3 Å². The van der Waals surface area contributed by atoms with Gasteiger partial charge in [-0.1, -0.05) is 24.3 Å². The molecule has 0 aliphatic carbocycles. The largest absolute Gasteiger partial charge is 0.350 e. The fraction of sp³-hybridized carbons (Fsp3) is 0.556. The van der Waals surface area contributed by atoms with Gasteiger partial charge in [0.25, 0.3) is 0 Å². The fourth-order valence-electron chi connectivity index (χ4n) is 2.25. The Morgan fingerprint density at radius 3 is 2.26 bits per heavy atom. The summed E-state index contributed by atoms with van der Waals surface area (Å²) in [6, 6.07) is 8.14. The molecule has 1 aromatic carbocycles. The van der Waals surface area contributed by atoms with E-state index in [1.54, 1.807) is 7.05 Å². The van der Waals surface area contributed by atoms with E-state index in [-0.39, 0.29) is 30.4 Å². The molecule has 2 amide bonds. The van der Waals surface area contributed by atoms with Crippen LogP contribution < -0.4 is 5.32 Å². The maximum atomic E-state index is 12.2. The molecule has 23 heavy (non-hydrogen) atoms. The van der Waals surface area contributed by atoms with Crippen LogP contribution in [0, 0.1) is 6.92 Å². The molecule has 0 radical (unpaired) electrons. The molecule has 0 spiro atoms. The zero-order valence-electron chi connectivity index (χ0n) is 15.1. The number of aryl methyl sites for hydroxylation is 1. The van der Waals surface area contributed by atoms with Crippen molar-refractivity contribution in [1.29, 1.82) is 0 Å². The standard InChI is InChI=1S/C18H29N3O2/c1-14-9-7-8-10-15(14)11-20(5)13-17(23)21(6)12-16(22)19-18(2,3)4/h7-10H,11-13H2,1-6H3,(H,19,22). The lowest BCUT2D eigenvalue weighted by atomic mass is 10.1. The van der Waals surface area contributed by atoms with Gasteiger partial charge in [0.05, 0.1) is 13.1 Å². The number of nitrogens with zero attached hydrogens (tertiary/aromatic N) is 2. The second-order valence-corrected chi connectivity index (χ2v) is 7.15. The van der Waals surface area contributed by atoms with Crippen LogP contribution in [0.15, 0.2) is 24.3 Å². The van der Waals surface area contributed by atoms with Crippen LogP contribution in [0.1, 0.15) is 31.9 Å². The summed E-state index contributed by atoms with van der Waals surface area (Å²) in [5.74, 6) is -0.208. The quantitative estimate of drug-likeness (QED) is 0.870. The molecule has 1 rings (SSSR count). The van der Waals surface area contributed by atoms with Crippen molar-refractivity contribution in [3.63, 3.8) is 0 Å². The molecule has 0 saturated carbocycles. The first kappa shape index (κ1) is 19.2. The highest BCUT2D eigenvalue weighted by molar-refractivity contribution is 5.85. The number of hydrogen-bond donors (Lipinski definition) is 1. The summed E-state index contributed by atoms with van der Waals surface area (Å²) in [7, 11) is 3.57. The molecule has 1 N–H and O–H groups in total. The van der Waals surface area contributed by atoms with Gasteiger partial charge in [-0.25, -0.2) is 0 Å². The number of nitrogens with one attached hydrogen (secondary N) is 1. The van der Waals surface area contributed by atoms with E-state index >= 15 is 0 Å². The Morgan fingerprint density at radius 2 is 1.70 bits per heavy atom. The summed E-state index contributed by atoms with van der Waals surface area (Å²) in [6.07, 6.45) is 0. The maximum absolute atomic E-state index is 12.2. The van der Waals surface area contributed by atoms with E-state index in [9.17, 15) is 9.59 Å². The van der Waals surface area contributed by atoms with E-state index in [0.717, 1.165) is 0 Å². The monoisotopic (exact) mass is 319 g/mol. The highest BCUT2D eigenvalue weighted by Gasteiger charge is 2.18. The summed E-state index contributed by atoms with van der Waals surface area (Å²) >= 11 is 0. The Bertz CT molecular complexity index is 549. The number of carbonyl (C=O) groups is 2. The topological polar surface area (TPSA) is 52.7 Å². The van der Waals surface area contributed by atoms with Gasteiger partial charge in [-0.3, -0.25) is 14.5 Å². The molecule has 0 bridgehead atoms. The second kappa shape index (κ2) is 8.11. The first-order valence-corrected chi connectivity index (χ1v) is 7.86. The average Bonchev–Trinajstić information content (AvgIpc) is 2.38. The van der Waals surface area contributed by atoms with E-state index in [4.69, 9.17) is 0 Å². The van der Waals surface area contributed by atoms with Crippen molar-refractivity contribution in [1.82, 2.24) is 15.1 Å². The Balaban J connectivity index is 2.48. The van der Waals surface area contributed by atoms with E-state index in [2.05, 4.69) is 24.4 Å². The third kappa shape index (κ3) is 7.28. The van der Waals surface area contributed by atoms with Crippen molar-refractivity contribution in [2.45, 2.75) is 39.8 Å². The van der Waals surface area contributed by atoms with Crippen molar-refractivity contribution < 1.29 is 9.59 Å². The van der Waals surface area contributed by atoms with E-state index in [1.165, 1.54) is 16.0 Å². The molecule has 5 heteroatoms. The van der Waals surface area contributed by atoms with Crippen LogP contribution in [0.2, 0.25) is 0 Å². The molecule has 1 aromatic rings. The molecule has 128 valence electrons. The van der Waals surface area contributed by atoms with Gasteiger partial charge >= 0.3 is 0 Å². The third-order valence-corrected chi connectivity index (χ3v) is 3.43. The Morgan fingerprint density at radius 1 is 1.09 bits per heavy atom. The first-order valence-electron chi connectivity index (χ1n) is 7.86. The van der Waals surface area contributed by atoms with Gasteiger partial charge in [0.2, 0.25) is 11.8 Å². The van der Waals surface area contributed by atoms with Crippen molar-refractivity contribution in [3.8, 4) is 0 Å². The van der Waals surface area contributed by atoms with Crippen LogP contribution in [0.5, 0.6) is 0 Å². The lowest BCUT2D eigenvalue weighted by Crippen LogP contribution is -2.47. The normalized spacial score (nSPS) is 11.4. The van der Waals surface area contributed by atoms with Gasteiger partial charge in [0.1, 0.15) is 0 Å². The molecule has 0 saturated heterocycles. The molecule has 0 heterocycles. The number of amides is 2.